The number of hydrogen-bond donors (Lipinski definition) is 1. The molecule has 0 spiro atoms. The zero-order valence-corrected chi connectivity index (χ0v) is 19.8. The monoisotopic (exact) mass is 560 g/mol. The summed E-state index contributed by atoms with van der Waals surface area (Å²) in [5.41, 5.74) is 2.81. The standard InChI is InChI=1S/C25H19F2IN2O3/c1-12-24(20-9-13-8-17(26)18(27)11-19(13)28-20)16-10-14(2-4-21(16)32-12)33-22-6-7-29-25-15(22)3-5-23(31)30-25/h2,4,6-8,10-12,24H,3,5,9H2,1H3,(H,29,30,31). The van der Waals surface area contributed by atoms with E-state index in [-0.39, 0.29) is 17.9 Å². The molecule has 2 aromatic carbocycles. The predicted octanol–water partition coefficient (Wildman–Crippen LogP) is 5.47. The molecule has 168 valence electrons. The number of nitrogens with zero attached hydrogens (tertiary/aromatic N) is 1. The maximum absolute atomic E-state index is 13.8. The highest BCUT2D eigenvalue weighted by Gasteiger charge is 2.37. The second-order valence-corrected chi connectivity index (χ2v) is 11.4. The first-order valence-corrected chi connectivity index (χ1v) is 12.9. The highest BCUT2D eigenvalue weighted by atomic mass is 127. The minimum atomic E-state index is -0.789. The number of amides is 1. The van der Waals surface area contributed by atoms with Gasteiger partial charge in [0.1, 0.15) is 29.2 Å². The largest absolute Gasteiger partial charge is 0.489 e. The van der Waals surface area contributed by atoms with E-state index in [4.69, 9.17) is 9.47 Å². The first kappa shape index (κ1) is 20.7. The van der Waals surface area contributed by atoms with E-state index in [0.717, 1.165) is 26.0 Å². The van der Waals surface area contributed by atoms with Gasteiger partial charge >= 0.3 is 0 Å². The van der Waals surface area contributed by atoms with Crippen LogP contribution in [0.5, 0.6) is 17.2 Å². The molecule has 1 amide bonds. The lowest BCUT2D eigenvalue weighted by atomic mass is 9.90. The molecule has 2 unspecified atom stereocenters. The van der Waals surface area contributed by atoms with Crippen LogP contribution in [0.25, 0.3) is 0 Å². The summed E-state index contributed by atoms with van der Waals surface area (Å²) < 4.78 is 42.1. The van der Waals surface area contributed by atoms with Gasteiger partial charge < -0.3 is 14.8 Å². The molecule has 3 aromatic rings. The van der Waals surface area contributed by atoms with Crippen molar-refractivity contribution in [3.05, 3.63) is 74.5 Å². The van der Waals surface area contributed by atoms with Crippen LogP contribution < -0.4 is 14.8 Å². The van der Waals surface area contributed by atoms with Crippen molar-refractivity contribution >= 4 is 36.0 Å². The second-order valence-electron chi connectivity index (χ2n) is 8.36. The maximum Gasteiger partial charge on any atom is 0.225 e. The van der Waals surface area contributed by atoms with Crippen molar-refractivity contribution in [2.45, 2.75) is 38.2 Å². The Morgan fingerprint density at radius 3 is 2.88 bits per heavy atom. The summed E-state index contributed by atoms with van der Waals surface area (Å²) >= 11 is -0.569. The first-order chi connectivity index (χ1) is 16.0. The van der Waals surface area contributed by atoms with Crippen molar-refractivity contribution in [3.63, 3.8) is 0 Å². The lowest BCUT2D eigenvalue weighted by Gasteiger charge is -2.19. The summed E-state index contributed by atoms with van der Waals surface area (Å²) in [6.07, 6.45) is 3.19. The Morgan fingerprint density at radius 2 is 2.00 bits per heavy atom. The van der Waals surface area contributed by atoms with E-state index in [1.807, 2.05) is 25.1 Å². The molecule has 2 atom stereocenters. The normalized spacial score (nSPS) is 20.6. The summed E-state index contributed by atoms with van der Waals surface area (Å²) in [4.78, 5) is 15.9. The van der Waals surface area contributed by atoms with Crippen LogP contribution in [-0.4, -0.2) is 20.5 Å². The van der Waals surface area contributed by atoms with Crippen molar-refractivity contribution in [1.29, 1.82) is 0 Å². The van der Waals surface area contributed by atoms with Gasteiger partial charge in [0.05, 0.1) is 5.92 Å². The van der Waals surface area contributed by atoms with Gasteiger partial charge in [0.15, 0.2) is 11.6 Å². The van der Waals surface area contributed by atoms with Crippen LogP contribution in [0.15, 0.2) is 42.6 Å². The zero-order chi connectivity index (χ0) is 22.7. The summed E-state index contributed by atoms with van der Waals surface area (Å²) in [5.74, 6) is 1.14. The van der Waals surface area contributed by atoms with Crippen LogP contribution in [0.1, 0.15) is 36.0 Å². The summed E-state index contributed by atoms with van der Waals surface area (Å²) in [6, 6.07) is 10.3. The molecule has 1 aromatic heterocycles. The first-order valence-electron chi connectivity index (χ1n) is 10.7. The number of pyridine rings is 1. The topological polar surface area (TPSA) is 60.5 Å². The van der Waals surface area contributed by atoms with Crippen LogP contribution in [0, 0.1) is 15.2 Å². The number of hydrogen-bond acceptors (Lipinski definition) is 4. The second kappa shape index (κ2) is 7.86. The Hall–Kier alpha value is -2.88. The summed E-state index contributed by atoms with van der Waals surface area (Å²) in [7, 11) is 0. The lowest BCUT2D eigenvalue weighted by Crippen LogP contribution is -2.21. The minimum absolute atomic E-state index is 0.0451. The average molecular weight is 560 g/mol. The van der Waals surface area contributed by atoms with Gasteiger partial charge in [0.25, 0.3) is 0 Å². The molecule has 0 bridgehead atoms. The van der Waals surface area contributed by atoms with Crippen molar-refractivity contribution in [2.24, 2.45) is 0 Å². The van der Waals surface area contributed by atoms with E-state index in [9.17, 15) is 13.6 Å². The molecule has 0 fully saturated rings. The molecule has 8 heteroatoms. The Morgan fingerprint density at radius 1 is 1.15 bits per heavy atom. The molecule has 0 radical (unpaired) electrons. The SMILES string of the molecule is CC1Oc2ccc(Oc3ccnc4c3CCC(=O)N4)cc2C1C1=Ic2cc(F)c(F)cc2C1. The number of carbonyl (C=O) groups excluding carboxylic acids is 1. The van der Waals surface area contributed by atoms with Gasteiger partial charge in [0.2, 0.25) is 5.91 Å². The predicted molar refractivity (Wildman–Crippen MR) is 128 cm³/mol. The van der Waals surface area contributed by atoms with Crippen LogP contribution in [0.4, 0.5) is 14.6 Å². The van der Waals surface area contributed by atoms with Crippen LogP contribution >= 0.6 is 20.7 Å². The molecule has 33 heavy (non-hydrogen) atoms. The number of fused-ring (bicyclic) bond motifs is 3. The fraction of sp³-hybridized carbons (Fsp3) is 0.240. The molecule has 0 aliphatic carbocycles. The van der Waals surface area contributed by atoms with Gasteiger partial charge in [0, 0.05) is 33.7 Å². The van der Waals surface area contributed by atoms with E-state index >= 15 is 0 Å². The highest BCUT2D eigenvalue weighted by molar-refractivity contribution is 14.2. The smallest absolute Gasteiger partial charge is 0.225 e. The van der Waals surface area contributed by atoms with E-state index < -0.39 is 32.4 Å². The number of nitrogens with one attached hydrogen (secondary N) is 1. The van der Waals surface area contributed by atoms with Crippen LogP contribution in [0.2, 0.25) is 0 Å². The highest BCUT2D eigenvalue weighted by Crippen LogP contribution is 2.46. The van der Waals surface area contributed by atoms with Gasteiger partial charge in [-0.1, -0.05) is 20.7 Å². The van der Waals surface area contributed by atoms with Gasteiger partial charge in [-0.15, -0.1) is 0 Å². The molecule has 5 nitrogen and oxygen atoms in total. The minimum Gasteiger partial charge on any atom is -0.489 e. The van der Waals surface area contributed by atoms with Gasteiger partial charge in [-0.25, -0.2) is 13.8 Å². The molecular weight excluding hydrogens is 541 g/mol. The number of anilines is 1. The number of carbonyl (C=O) groups is 1. The van der Waals surface area contributed by atoms with Crippen molar-refractivity contribution in [2.75, 3.05) is 5.32 Å². The Kier molecular flexibility index (Phi) is 4.93. The third-order valence-corrected chi connectivity index (χ3v) is 9.54. The van der Waals surface area contributed by atoms with Gasteiger partial charge in [-0.3, -0.25) is 4.79 Å². The molecule has 3 aliphatic rings. The van der Waals surface area contributed by atoms with Crippen LogP contribution in [0.3, 0.4) is 0 Å². The summed E-state index contributed by atoms with van der Waals surface area (Å²) in [6.45, 7) is 2.04. The molecule has 4 heterocycles. The van der Waals surface area contributed by atoms with Crippen molar-refractivity contribution in [1.82, 2.24) is 4.98 Å². The third-order valence-electron chi connectivity index (χ3n) is 6.21. The van der Waals surface area contributed by atoms with Gasteiger partial charge in [-0.05, 0) is 58.8 Å². The van der Waals surface area contributed by atoms with Crippen molar-refractivity contribution < 1.29 is 23.0 Å². The van der Waals surface area contributed by atoms with Crippen molar-refractivity contribution in [3.8, 4) is 17.2 Å². The Labute approximate surface area is 198 Å². The number of rotatable bonds is 3. The quantitative estimate of drug-likeness (QED) is 0.341. The number of aromatic nitrogens is 1. The Bertz CT molecular complexity index is 1360. The molecule has 6 rings (SSSR count). The maximum atomic E-state index is 13.8. The molecule has 0 saturated carbocycles. The zero-order valence-electron chi connectivity index (χ0n) is 17.6. The van der Waals surface area contributed by atoms with E-state index in [0.29, 0.717) is 36.6 Å². The fourth-order valence-corrected chi connectivity index (χ4v) is 8.31. The van der Waals surface area contributed by atoms with E-state index in [1.165, 1.54) is 15.6 Å². The third kappa shape index (κ3) is 3.60. The number of halogens is 3. The van der Waals surface area contributed by atoms with E-state index in [2.05, 4.69) is 10.3 Å². The Balaban J connectivity index is 1.32. The fourth-order valence-electron chi connectivity index (χ4n) is 4.67. The van der Waals surface area contributed by atoms with Crippen LogP contribution in [-0.2, 0) is 17.6 Å². The lowest BCUT2D eigenvalue weighted by molar-refractivity contribution is -0.116. The van der Waals surface area contributed by atoms with Gasteiger partial charge in [-0.2, -0.15) is 0 Å². The molecule has 0 saturated heterocycles. The molecule has 1 N–H and O–H groups in total. The average Bonchev–Trinajstić information content (AvgIpc) is 3.32. The molecule has 3 aliphatic heterocycles. The molecular formula is C25H19F2IN2O3. The summed E-state index contributed by atoms with van der Waals surface area (Å²) in [5, 5.41) is 2.79. The number of benzene rings is 2. The number of ether oxygens (including phenoxy) is 2. The van der Waals surface area contributed by atoms with E-state index in [1.54, 1.807) is 12.3 Å².